The molecule has 0 bridgehead atoms. The minimum absolute atomic E-state index is 0.0291. The summed E-state index contributed by atoms with van der Waals surface area (Å²) >= 11 is 1.55. The van der Waals surface area contributed by atoms with Gasteiger partial charge in [0.2, 0.25) is 5.91 Å². The Morgan fingerprint density at radius 2 is 1.91 bits per heavy atom. The van der Waals surface area contributed by atoms with E-state index in [2.05, 4.69) is 29.3 Å². The first-order valence-electron chi connectivity index (χ1n) is 8.03. The van der Waals surface area contributed by atoms with Crippen molar-refractivity contribution in [2.24, 2.45) is 5.92 Å². The molecule has 0 spiro atoms. The number of amides is 1. The summed E-state index contributed by atoms with van der Waals surface area (Å²) in [6.07, 6.45) is 1.26. The van der Waals surface area contributed by atoms with Gasteiger partial charge in [-0.1, -0.05) is 25.1 Å². The minimum atomic E-state index is 0.0291. The number of nitrogens with zero attached hydrogens (tertiary/aromatic N) is 1. The Bertz CT molecular complexity index is 642. The van der Waals surface area contributed by atoms with Crippen LogP contribution in [-0.2, 0) is 4.79 Å². The highest BCUT2D eigenvalue weighted by Gasteiger charge is 2.18. The third-order valence-electron chi connectivity index (χ3n) is 4.05. The van der Waals surface area contributed by atoms with Crippen LogP contribution >= 0.6 is 11.8 Å². The SMILES string of the molecule is CC1CCN(c2ccc(NC(=O)CSc3ccccc3)cc2)C1. The first kappa shape index (κ1) is 15.9. The zero-order valence-electron chi connectivity index (χ0n) is 13.4. The van der Waals surface area contributed by atoms with Gasteiger partial charge < -0.3 is 10.2 Å². The predicted octanol–water partition coefficient (Wildman–Crippen LogP) is 4.26. The maximum Gasteiger partial charge on any atom is 0.234 e. The van der Waals surface area contributed by atoms with Crippen LogP contribution in [0.1, 0.15) is 13.3 Å². The number of carbonyl (C=O) groups is 1. The number of benzene rings is 2. The largest absolute Gasteiger partial charge is 0.371 e. The van der Waals surface area contributed by atoms with Crippen molar-refractivity contribution in [2.45, 2.75) is 18.2 Å². The summed E-state index contributed by atoms with van der Waals surface area (Å²) in [5.41, 5.74) is 2.10. The molecule has 0 aliphatic carbocycles. The molecule has 1 aliphatic heterocycles. The molecule has 3 rings (SSSR count). The molecule has 1 N–H and O–H groups in total. The van der Waals surface area contributed by atoms with E-state index in [9.17, 15) is 4.79 Å². The van der Waals surface area contributed by atoms with Crippen LogP contribution in [0.15, 0.2) is 59.5 Å². The van der Waals surface area contributed by atoms with Gasteiger partial charge in [-0.3, -0.25) is 4.79 Å². The van der Waals surface area contributed by atoms with Crippen LogP contribution in [0.4, 0.5) is 11.4 Å². The summed E-state index contributed by atoms with van der Waals surface area (Å²) in [7, 11) is 0. The number of hydrogen-bond acceptors (Lipinski definition) is 3. The van der Waals surface area contributed by atoms with Crippen molar-refractivity contribution in [3.8, 4) is 0 Å². The van der Waals surface area contributed by atoms with Crippen LogP contribution in [0.3, 0.4) is 0 Å². The average Bonchev–Trinajstić information content (AvgIpc) is 3.01. The topological polar surface area (TPSA) is 32.3 Å². The zero-order chi connectivity index (χ0) is 16.1. The van der Waals surface area contributed by atoms with Crippen LogP contribution in [0.5, 0.6) is 0 Å². The third-order valence-corrected chi connectivity index (χ3v) is 5.07. The van der Waals surface area contributed by atoms with Gasteiger partial charge >= 0.3 is 0 Å². The van der Waals surface area contributed by atoms with Gasteiger partial charge in [0.05, 0.1) is 5.75 Å². The number of thioether (sulfide) groups is 1. The van der Waals surface area contributed by atoms with Crippen LogP contribution in [-0.4, -0.2) is 24.7 Å². The molecule has 0 saturated carbocycles. The van der Waals surface area contributed by atoms with Gasteiger partial charge in [-0.2, -0.15) is 0 Å². The van der Waals surface area contributed by atoms with Gasteiger partial charge in [0, 0.05) is 29.4 Å². The molecule has 3 nitrogen and oxygen atoms in total. The third kappa shape index (κ3) is 4.52. The second-order valence-corrected chi connectivity index (χ2v) is 7.09. The van der Waals surface area contributed by atoms with Crippen molar-refractivity contribution >= 4 is 29.0 Å². The van der Waals surface area contributed by atoms with E-state index in [1.807, 2.05) is 42.5 Å². The van der Waals surface area contributed by atoms with Crippen molar-refractivity contribution in [1.82, 2.24) is 0 Å². The van der Waals surface area contributed by atoms with Crippen molar-refractivity contribution in [3.05, 3.63) is 54.6 Å². The highest BCUT2D eigenvalue weighted by atomic mass is 32.2. The Balaban J connectivity index is 1.50. The number of nitrogens with one attached hydrogen (secondary N) is 1. The quantitative estimate of drug-likeness (QED) is 0.833. The van der Waals surface area contributed by atoms with Crippen molar-refractivity contribution < 1.29 is 4.79 Å². The Labute approximate surface area is 142 Å². The van der Waals surface area contributed by atoms with E-state index in [1.54, 1.807) is 11.8 Å². The monoisotopic (exact) mass is 326 g/mol. The van der Waals surface area contributed by atoms with E-state index in [4.69, 9.17) is 0 Å². The first-order chi connectivity index (χ1) is 11.2. The van der Waals surface area contributed by atoms with Crippen molar-refractivity contribution in [2.75, 3.05) is 29.1 Å². The molecule has 120 valence electrons. The molecule has 1 heterocycles. The number of hydrogen-bond donors (Lipinski definition) is 1. The first-order valence-corrected chi connectivity index (χ1v) is 9.02. The molecular weight excluding hydrogens is 304 g/mol. The minimum Gasteiger partial charge on any atom is -0.371 e. The van der Waals surface area contributed by atoms with Crippen LogP contribution in [0, 0.1) is 5.92 Å². The maximum atomic E-state index is 12.0. The fraction of sp³-hybridized carbons (Fsp3) is 0.316. The Morgan fingerprint density at radius 1 is 1.17 bits per heavy atom. The van der Waals surface area contributed by atoms with Gasteiger partial charge in [-0.15, -0.1) is 11.8 Å². The average molecular weight is 326 g/mol. The molecule has 2 aromatic carbocycles. The molecule has 1 amide bonds. The van der Waals surface area contributed by atoms with Gasteiger partial charge in [0.15, 0.2) is 0 Å². The van der Waals surface area contributed by atoms with E-state index in [0.29, 0.717) is 5.75 Å². The maximum absolute atomic E-state index is 12.0. The number of carbonyl (C=O) groups excluding carboxylic acids is 1. The fourth-order valence-electron chi connectivity index (χ4n) is 2.79. The Hall–Kier alpha value is -1.94. The molecule has 0 radical (unpaired) electrons. The van der Waals surface area contributed by atoms with E-state index < -0.39 is 0 Å². The lowest BCUT2D eigenvalue weighted by Gasteiger charge is -2.18. The number of anilines is 2. The van der Waals surface area contributed by atoms with E-state index in [0.717, 1.165) is 29.6 Å². The second kappa shape index (κ2) is 7.55. The van der Waals surface area contributed by atoms with E-state index >= 15 is 0 Å². The van der Waals surface area contributed by atoms with E-state index in [1.165, 1.54) is 12.1 Å². The summed E-state index contributed by atoms with van der Waals surface area (Å²) in [4.78, 5) is 15.5. The molecule has 1 saturated heterocycles. The molecule has 1 aliphatic rings. The molecule has 0 aromatic heterocycles. The number of rotatable bonds is 5. The zero-order valence-corrected chi connectivity index (χ0v) is 14.2. The van der Waals surface area contributed by atoms with Gasteiger partial charge in [-0.25, -0.2) is 0 Å². The van der Waals surface area contributed by atoms with Gasteiger partial charge in [-0.05, 0) is 48.7 Å². The lowest BCUT2D eigenvalue weighted by Crippen LogP contribution is -2.19. The van der Waals surface area contributed by atoms with Gasteiger partial charge in [0.25, 0.3) is 0 Å². The molecule has 2 aromatic rings. The highest BCUT2D eigenvalue weighted by Crippen LogP contribution is 2.25. The summed E-state index contributed by atoms with van der Waals surface area (Å²) in [6, 6.07) is 18.2. The summed E-state index contributed by atoms with van der Waals surface area (Å²) < 4.78 is 0. The van der Waals surface area contributed by atoms with Crippen LogP contribution in [0.2, 0.25) is 0 Å². The smallest absolute Gasteiger partial charge is 0.234 e. The normalized spacial score (nSPS) is 17.3. The summed E-state index contributed by atoms with van der Waals surface area (Å²) in [5, 5.41) is 2.96. The predicted molar refractivity (Wildman–Crippen MR) is 98.2 cm³/mol. The van der Waals surface area contributed by atoms with Crippen LogP contribution < -0.4 is 10.2 Å². The molecule has 1 unspecified atom stereocenters. The molecular formula is C19H22N2OS. The molecule has 1 fully saturated rings. The molecule has 4 heteroatoms. The molecule has 1 atom stereocenters. The highest BCUT2D eigenvalue weighted by molar-refractivity contribution is 8.00. The van der Waals surface area contributed by atoms with E-state index in [-0.39, 0.29) is 5.91 Å². The summed E-state index contributed by atoms with van der Waals surface area (Å²) in [5.74, 6) is 1.22. The fourth-order valence-corrected chi connectivity index (χ4v) is 3.51. The second-order valence-electron chi connectivity index (χ2n) is 6.04. The van der Waals surface area contributed by atoms with Crippen LogP contribution in [0.25, 0.3) is 0 Å². The van der Waals surface area contributed by atoms with Gasteiger partial charge in [0.1, 0.15) is 0 Å². The lowest BCUT2D eigenvalue weighted by molar-refractivity contribution is -0.113. The van der Waals surface area contributed by atoms with Crippen molar-refractivity contribution in [3.63, 3.8) is 0 Å². The Kier molecular flexibility index (Phi) is 5.23. The summed E-state index contributed by atoms with van der Waals surface area (Å²) in [6.45, 7) is 4.54. The van der Waals surface area contributed by atoms with Crippen molar-refractivity contribution in [1.29, 1.82) is 0 Å². The Morgan fingerprint density at radius 3 is 2.57 bits per heavy atom. The lowest BCUT2D eigenvalue weighted by atomic mass is 10.2. The standard InChI is InChI=1S/C19H22N2OS/c1-15-11-12-21(13-15)17-9-7-16(8-10-17)20-19(22)14-23-18-5-3-2-4-6-18/h2-10,15H,11-14H2,1H3,(H,20,22). The molecule has 23 heavy (non-hydrogen) atoms.